The fraction of sp³-hybridized carbons (Fsp3) is 0.278. The summed E-state index contributed by atoms with van der Waals surface area (Å²) < 4.78 is 0. The van der Waals surface area contributed by atoms with Gasteiger partial charge >= 0.3 is 5.97 Å². The molecule has 0 aromatic heterocycles. The molecule has 2 rings (SSSR count). The fourth-order valence-corrected chi connectivity index (χ4v) is 2.38. The van der Waals surface area contributed by atoms with Crippen molar-refractivity contribution in [1.29, 1.82) is 0 Å². The van der Waals surface area contributed by atoms with Crippen molar-refractivity contribution >= 4 is 5.97 Å². The van der Waals surface area contributed by atoms with Crippen LogP contribution in [-0.4, -0.2) is 16.2 Å². The molecule has 0 fully saturated rings. The van der Waals surface area contributed by atoms with E-state index < -0.39 is 11.6 Å². The molecule has 3 heteroatoms. The second-order valence-electron chi connectivity index (χ2n) is 5.21. The maximum Gasteiger partial charge on any atom is 0.340 e. The van der Waals surface area contributed by atoms with Crippen molar-refractivity contribution in [3.63, 3.8) is 0 Å². The van der Waals surface area contributed by atoms with Crippen LogP contribution < -0.4 is 0 Å². The van der Waals surface area contributed by atoms with Crippen LogP contribution in [0.5, 0.6) is 0 Å². The Morgan fingerprint density at radius 2 is 1.57 bits per heavy atom. The summed E-state index contributed by atoms with van der Waals surface area (Å²) in [5.74, 6) is -1.19. The van der Waals surface area contributed by atoms with Crippen LogP contribution in [0.4, 0.5) is 0 Å². The molecule has 2 N–H and O–H groups in total. The van der Waals surface area contributed by atoms with E-state index in [0.29, 0.717) is 12.0 Å². The van der Waals surface area contributed by atoms with Gasteiger partial charge in [0, 0.05) is 0 Å². The van der Waals surface area contributed by atoms with E-state index in [1.165, 1.54) is 0 Å². The van der Waals surface area contributed by atoms with Crippen molar-refractivity contribution in [1.82, 2.24) is 0 Å². The summed E-state index contributed by atoms with van der Waals surface area (Å²) in [6, 6.07) is 17.0. The monoisotopic (exact) mass is 284 g/mol. The molecule has 2 aromatic rings. The van der Waals surface area contributed by atoms with Gasteiger partial charge in [0.05, 0.1) is 0 Å². The number of rotatable bonds is 6. The minimum absolute atomic E-state index is 0.226. The third-order valence-electron chi connectivity index (χ3n) is 3.72. The Balaban J connectivity index is 2.30. The second kappa shape index (κ2) is 6.55. The molecule has 0 spiro atoms. The summed E-state index contributed by atoms with van der Waals surface area (Å²) in [7, 11) is 0. The third-order valence-corrected chi connectivity index (χ3v) is 3.72. The highest BCUT2D eigenvalue weighted by atomic mass is 16.4. The van der Waals surface area contributed by atoms with Gasteiger partial charge in [-0.15, -0.1) is 0 Å². The SMILES string of the molecule is CCCCC(O)(C(=O)O)c1ccc(-c2ccccc2)cc1. The smallest absolute Gasteiger partial charge is 0.340 e. The van der Waals surface area contributed by atoms with Crippen molar-refractivity contribution in [2.24, 2.45) is 0 Å². The van der Waals surface area contributed by atoms with E-state index >= 15 is 0 Å². The molecule has 21 heavy (non-hydrogen) atoms. The standard InChI is InChI=1S/C18H20O3/c1-2-3-13-18(21,17(19)20)16-11-9-15(10-12-16)14-7-5-4-6-8-14/h4-12,21H,2-3,13H2,1H3,(H,19,20). The molecule has 0 radical (unpaired) electrons. The van der Waals surface area contributed by atoms with Gasteiger partial charge in [0.25, 0.3) is 0 Å². The first-order valence-corrected chi connectivity index (χ1v) is 7.19. The average Bonchev–Trinajstić information content (AvgIpc) is 2.53. The Labute approximate surface area is 124 Å². The molecule has 0 saturated heterocycles. The number of unbranched alkanes of at least 4 members (excludes halogenated alkanes) is 1. The summed E-state index contributed by atoms with van der Waals surface area (Å²) in [6.45, 7) is 1.97. The first-order valence-electron chi connectivity index (χ1n) is 7.19. The minimum atomic E-state index is -1.80. The Morgan fingerprint density at radius 1 is 1.00 bits per heavy atom. The van der Waals surface area contributed by atoms with Crippen LogP contribution in [0.3, 0.4) is 0 Å². The Hall–Kier alpha value is -2.13. The first-order chi connectivity index (χ1) is 10.1. The van der Waals surface area contributed by atoms with Crippen LogP contribution in [0.25, 0.3) is 11.1 Å². The molecule has 1 unspecified atom stereocenters. The predicted molar refractivity (Wildman–Crippen MR) is 82.9 cm³/mol. The molecule has 110 valence electrons. The molecular weight excluding hydrogens is 264 g/mol. The van der Waals surface area contributed by atoms with E-state index in [0.717, 1.165) is 17.5 Å². The van der Waals surface area contributed by atoms with Crippen molar-refractivity contribution in [2.75, 3.05) is 0 Å². The molecule has 2 aromatic carbocycles. The largest absolute Gasteiger partial charge is 0.479 e. The average molecular weight is 284 g/mol. The van der Waals surface area contributed by atoms with Crippen LogP contribution >= 0.6 is 0 Å². The number of carboxylic acids is 1. The molecule has 0 aliphatic heterocycles. The van der Waals surface area contributed by atoms with E-state index in [1.807, 2.05) is 49.4 Å². The maximum absolute atomic E-state index is 11.4. The number of aliphatic hydroxyl groups is 1. The zero-order valence-corrected chi connectivity index (χ0v) is 12.1. The highest BCUT2D eigenvalue weighted by Gasteiger charge is 2.37. The number of aliphatic carboxylic acids is 1. The summed E-state index contributed by atoms with van der Waals surface area (Å²) in [5, 5.41) is 19.8. The lowest BCUT2D eigenvalue weighted by molar-refractivity contribution is -0.160. The van der Waals surface area contributed by atoms with Gasteiger partial charge in [-0.1, -0.05) is 67.9 Å². The lowest BCUT2D eigenvalue weighted by Crippen LogP contribution is -2.35. The zero-order valence-electron chi connectivity index (χ0n) is 12.1. The van der Waals surface area contributed by atoms with E-state index in [4.69, 9.17) is 0 Å². The van der Waals surface area contributed by atoms with Gasteiger partial charge in [-0.05, 0) is 29.5 Å². The van der Waals surface area contributed by atoms with Gasteiger partial charge in [-0.3, -0.25) is 0 Å². The number of hydrogen-bond donors (Lipinski definition) is 2. The van der Waals surface area contributed by atoms with Crippen LogP contribution in [0.15, 0.2) is 54.6 Å². The molecule has 0 aliphatic carbocycles. The maximum atomic E-state index is 11.4. The highest BCUT2D eigenvalue weighted by Crippen LogP contribution is 2.29. The van der Waals surface area contributed by atoms with Crippen molar-refractivity contribution in [3.8, 4) is 11.1 Å². The minimum Gasteiger partial charge on any atom is -0.479 e. The summed E-state index contributed by atoms with van der Waals surface area (Å²) in [6.07, 6.45) is 1.74. The van der Waals surface area contributed by atoms with Crippen molar-refractivity contribution in [3.05, 3.63) is 60.2 Å². The fourth-order valence-electron chi connectivity index (χ4n) is 2.38. The van der Waals surface area contributed by atoms with Gasteiger partial charge in [0.2, 0.25) is 0 Å². The quantitative estimate of drug-likeness (QED) is 0.848. The Kier molecular flexibility index (Phi) is 4.76. The Morgan fingerprint density at radius 3 is 2.10 bits per heavy atom. The number of carbonyl (C=O) groups is 1. The van der Waals surface area contributed by atoms with E-state index in [9.17, 15) is 15.0 Å². The molecule has 0 aliphatic rings. The molecule has 0 bridgehead atoms. The Bertz CT molecular complexity index is 590. The van der Waals surface area contributed by atoms with Gasteiger partial charge in [-0.2, -0.15) is 0 Å². The van der Waals surface area contributed by atoms with Crippen LogP contribution in [0.1, 0.15) is 31.7 Å². The molecule has 0 saturated carbocycles. The second-order valence-corrected chi connectivity index (χ2v) is 5.21. The normalized spacial score (nSPS) is 13.6. The molecule has 1 atom stereocenters. The lowest BCUT2D eigenvalue weighted by Gasteiger charge is -2.24. The van der Waals surface area contributed by atoms with E-state index in [1.54, 1.807) is 12.1 Å². The van der Waals surface area contributed by atoms with E-state index in [2.05, 4.69) is 0 Å². The summed E-state index contributed by atoms with van der Waals surface area (Å²) in [5.41, 5.74) is 0.702. The van der Waals surface area contributed by atoms with Gasteiger partial charge in [0.15, 0.2) is 5.60 Å². The van der Waals surface area contributed by atoms with E-state index in [-0.39, 0.29) is 6.42 Å². The first kappa shape index (κ1) is 15.3. The van der Waals surface area contributed by atoms with Crippen molar-refractivity contribution in [2.45, 2.75) is 31.8 Å². The molecular formula is C18H20O3. The van der Waals surface area contributed by atoms with Gasteiger partial charge < -0.3 is 10.2 Å². The molecule has 0 amide bonds. The summed E-state index contributed by atoms with van der Waals surface area (Å²) in [4.78, 5) is 11.4. The van der Waals surface area contributed by atoms with Crippen LogP contribution in [0, 0.1) is 0 Å². The van der Waals surface area contributed by atoms with Crippen molar-refractivity contribution < 1.29 is 15.0 Å². The topological polar surface area (TPSA) is 57.5 Å². The number of carboxylic acid groups (broad SMARTS) is 1. The van der Waals surface area contributed by atoms with Gasteiger partial charge in [0.1, 0.15) is 0 Å². The predicted octanol–water partition coefficient (Wildman–Crippen LogP) is 3.82. The zero-order chi connectivity index (χ0) is 15.3. The van der Waals surface area contributed by atoms with Gasteiger partial charge in [-0.25, -0.2) is 4.79 Å². The highest BCUT2D eigenvalue weighted by molar-refractivity contribution is 5.79. The molecule has 3 nitrogen and oxygen atoms in total. The lowest BCUT2D eigenvalue weighted by atomic mass is 9.87. The van der Waals surface area contributed by atoms with Crippen LogP contribution in [0.2, 0.25) is 0 Å². The number of hydrogen-bond acceptors (Lipinski definition) is 2. The molecule has 0 heterocycles. The summed E-state index contributed by atoms with van der Waals surface area (Å²) >= 11 is 0. The third kappa shape index (κ3) is 3.31. The number of benzene rings is 2. The van der Waals surface area contributed by atoms with Crippen LogP contribution in [-0.2, 0) is 10.4 Å².